The van der Waals surface area contributed by atoms with Gasteiger partial charge in [-0.15, -0.1) is 0 Å². The molecule has 0 aliphatic carbocycles. The summed E-state index contributed by atoms with van der Waals surface area (Å²) in [6.07, 6.45) is -6.41. The van der Waals surface area contributed by atoms with Crippen LogP contribution in [0, 0.1) is 11.6 Å². The fraction of sp³-hybridized carbons (Fsp3) is 0.444. The first-order valence-electron chi connectivity index (χ1n) is 13.3. The molecule has 2 aliphatic heterocycles. The molecule has 2 aliphatic rings. The number of rotatable bonds is 8. The van der Waals surface area contributed by atoms with Crippen molar-refractivity contribution in [3.63, 3.8) is 0 Å². The molecular formula is C27H29ClF5N5O4S. The molecule has 9 nitrogen and oxygen atoms in total. The highest BCUT2D eigenvalue weighted by molar-refractivity contribution is 7.99. The average Bonchev–Trinajstić information content (AvgIpc) is 2.97. The van der Waals surface area contributed by atoms with Gasteiger partial charge in [0, 0.05) is 67.9 Å². The molecule has 2 aromatic carbocycles. The molecule has 234 valence electrons. The second-order valence-electron chi connectivity index (χ2n) is 9.99. The Morgan fingerprint density at radius 1 is 1.02 bits per heavy atom. The van der Waals surface area contributed by atoms with Crippen LogP contribution in [-0.4, -0.2) is 95.8 Å². The zero-order valence-corrected chi connectivity index (χ0v) is 24.3. The van der Waals surface area contributed by atoms with Crippen molar-refractivity contribution in [3.8, 4) is 0 Å². The summed E-state index contributed by atoms with van der Waals surface area (Å²) in [5.74, 6) is -3.60. The van der Waals surface area contributed by atoms with Gasteiger partial charge in [-0.25, -0.2) is 13.6 Å². The van der Waals surface area contributed by atoms with E-state index in [-0.39, 0.29) is 30.1 Å². The SMILES string of the molecule is O=C(Nc1ccc(Cl)cc1N1CCN(CCC(F)(F)F)CC1)c1ccc(CNC(=O)C2CSCCN2C(=O)O)c(F)c1F. The molecule has 2 aromatic rings. The third-order valence-corrected chi connectivity index (χ3v) is 8.43. The van der Waals surface area contributed by atoms with Crippen molar-refractivity contribution in [2.45, 2.75) is 25.2 Å². The molecule has 0 aromatic heterocycles. The zero-order chi connectivity index (χ0) is 31.3. The summed E-state index contributed by atoms with van der Waals surface area (Å²) in [7, 11) is 0. The van der Waals surface area contributed by atoms with E-state index in [2.05, 4.69) is 10.6 Å². The molecule has 2 fully saturated rings. The van der Waals surface area contributed by atoms with Crippen LogP contribution >= 0.6 is 23.4 Å². The number of nitrogens with zero attached hydrogens (tertiary/aromatic N) is 3. The standard InChI is InChI=1S/C27H29ClF5N5O4S/c28-17-2-4-19(20(13-17)37-9-7-36(8-10-37)6-5-27(31,32)33)35-24(39)18-3-1-16(22(29)23(18)30)14-34-25(40)21-15-43-12-11-38(21)26(41)42/h1-4,13,21H,5-12,14-15H2,(H,34,40)(H,35,39)(H,41,42). The minimum Gasteiger partial charge on any atom is -0.465 e. The van der Waals surface area contributed by atoms with Crippen LogP contribution < -0.4 is 15.5 Å². The smallest absolute Gasteiger partial charge is 0.408 e. The summed E-state index contributed by atoms with van der Waals surface area (Å²) < 4.78 is 67.7. The number of piperazine rings is 1. The predicted octanol–water partition coefficient (Wildman–Crippen LogP) is 4.66. The summed E-state index contributed by atoms with van der Waals surface area (Å²) in [4.78, 5) is 41.5. The molecule has 0 spiro atoms. The maximum Gasteiger partial charge on any atom is 0.408 e. The van der Waals surface area contributed by atoms with Gasteiger partial charge in [0.15, 0.2) is 11.6 Å². The fourth-order valence-electron chi connectivity index (χ4n) is 4.81. The number of carboxylic acid groups (broad SMARTS) is 1. The van der Waals surface area contributed by atoms with Crippen molar-refractivity contribution in [2.24, 2.45) is 0 Å². The Hall–Kier alpha value is -3.30. The van der Waals surface area contributed by atoms with E-state index in [1.807, 2.05) is 4.90 Å². The van der Waals surface area contributed by atoms with Crippen molar-refractivity contribution in [3.05, 3.63) is 58.1 Å². The summed E-state index contributed by atoms with van der Waals surface area (Å²) in [5.41, 5.74) is -0.0927. The number of carbonyl (C=O) groups is 3. The van der Waals surface area contributed by atoms with Gasteiger partial charge in [-0.3, -0.25) is 19.4 Å². The molecule has 16 heteroatoms. The topological polar surface area (TPSA) is 105 Å². The lowest BCUT2D eigenvalue weighted by atomic mass is 10.1. The average molecular weight is 650 g/mol. The molecule has 0 radical (unpaired) electrons. The van der Waals surface area contributed by atoms with E-state index in [9.17, 15) is 37.1 Å². The van der Waals surface area contributed by atoms with E-state index in [4.69, 9.17) is 11.6 Å². The van der Waals surface area contributed by atoms with Gasteiger partial charge < -0.3 is 20.6 Å². The van der Waals surface area contributed by atoms with Crippen LogP contribution in [0.3, 0.4) is 0 Å². The van der Waals surface area contributed by atoms with Gasteiger partial charge in [-0.2, -0.15) is 24.9 Å². The number of nitrogens with one attached hydrogen (secondary N) is 2. The van der Waals surface area contributed by atoms with Crippen LogP contribution in [0.1, 0.15) is 22.3 Å². The Balaban J connectivity index is 1.41. The molecule has 4 rings (SSSR count). The van der Waals surface area contributed by atoms with Gasteiger partial charge in [0.05, 0.1) is 23.4 Å². The number of carbonyl (C=O) groups excluding carboxylic acids is 2. The normalized spacial score (nSPS) is 18.0. The van der Waals surface area contributed by atoms with Crippen LogP contribution in [0.5, 0.6) is 0 Å². The number of benzene rings is 2. The lowest BCUT2D eigenvalue weighted by Crippen LogP contribution is -2.53. The molecule has 1 atom stereocenters. The van der Waals surface area contributed by atoms with Crippen LogP contribution in [0.15, 0.2) is 30.3 Å². The van der Waals surface area contributed by atoms with Gasteiger partial charge in [-0.05, 0) is 24.3 Å². The minimum atomic E-state index is -4.25. The molecule has 2 heterocycles. The van der Waals surface area contributed by atoms with Crippen LogP contribution in [-0.2, 0) is 11.3 Å². The van der Waals surface area contributed by atoms with Crippen molar-refractivity contribution in [1.82, 2.24) is 15.1 Å². The molecule has 3 N–H and O–H groups in total. The van der Waals surface area contributed by atoms with E-state index in [0.29, 0.717) is 42.6 Å². The summed E-state index contributed by atoms with van der Waals surface area (Å²) in [6.45, 7) is 1.03. The van der Waals surface area contributed by atoms with Crippen LogP contribution in [0.25, 0.3) is 0 Å². The maximum absolute atomic E-state index is 15.0. The van der Waals surface area contributed by atoms with E-state index in [0.717, 1.165) is 17.0 Å². The predicted molar refractivity (Wildman–Crippen MR) is 153 cm³/mol. The maximum atomic E-state index is 15.0. The molecule has 43 heavy (non-hydrogen) atoms. The first-order chi connectivity index (χ1) is 20.3. The lowest BCUT2D eigenvalue weighted by molar-refractivity contribution is -0.138. The number of hydrogen-bond donors (Lipinski definition) is 3. The largest absolute Gasteiger partial charge is 0.465 e. The van der Waals surface area contributed by atoms with Crippen molar-refractivity contribution < 1.29 is 41.4 Å². The van der Waals surface area contributed by atoms with Crippen molar-refractivity contribution >= 4 is 52.6 Å². The molecule has 1 unspecified atom stereocenters. The summed E-state index contributed by atoms with van der Waals surface area (Å²) in [6, 6.07) is 5.82. The molecule has 2 saturated heterocycles. The highest BCUT2D eigenvalue weighted by Gasteiger charge is 2.33. The third kappa shape index (κ3) is 8.42. The fourth-order valence-corrected chi connectivity index (χ4v) is 6.02. The van der Waals surface area contributed by atoms with Gasteiger partial charge in [-0.1, -0.05) is 17.7 Å². The number of halogens is 6. The minimum absolute atomic E-state index is 0.124. The number of amides is 3. The van der Waals surface area contributed by atoms with E-state index >= 15 is 4.39 Å². The Bertz CT molecular complexity index is 1360. The quantitative estimate of drug-likeness (QED) is 0.358. The monoisotopic (exact) mass is 649 g/mol. The zero-order valence-electron chi connectivity index (χ0n) is 22.7. The molecule has 3 amide bonds. The van der Waals surface area contributed by atoms with Gasteiger partial charge in [0.25, 0.3) is 5.91 Å². The van der Waals surface area contributed by atoms with Crippen molar-refractivity contribution in [2.75, 3.05) is 61.0 Å². The van der Waals surface area contributed by atoms with Gasteiger partial charge in [0.2, 0.25) is 5.91 Å². The van der Waals surface area contributed by atoms with E-state index in [1.54, 1.807) is 11.0 Å². The first kappa shape index (κ1) is 32.6. The Labute approximate surface area is 253 Å². The highest BCUT2D eigenvalue weighted by Crippen LogP contribution is 2.31. The van der Waals surface area contributed by atoms with Gasteiger partial charge in [0.1, 0.15) is 6.04 Å². The number of alkyl halides is 3. The van der Waals surface area contributed by atoms with Gasteiger partial charge >= 0.3 is 12.3 Å². The molecule has 0 saturated carbocycles. The number of thioether (sulfide) groups is 1. The van der Waals surface area contributed by atoms with E-state index < -0.39 is 60.3 Å². The Morgan fingerprint density at radius 2 is 1.74 bits per heavy atom. The second kappa shape index (κ2) is 14.0. The third-order valence-electron chi connectivity index (χ3n) is 7.17. The number of hydrogen-bond acceptors (Lipinski definition) is 6. The van der Waals surface area contributed by atoms with Crippen LogP contribution in [0.4, 0.5) is 38.1 Å². The van der Waals surface area contributed by atoms with Crippen LogP contribution in [0.2, 0.25) is 5.02 Å². The number of anilines is 2. The summed E-state index contributed by atoms with van der Waals surface area (Å²) in [5, 5.41) is 14.7. The second-order valence-corrected chi connectivity index (χ2v) is 11.6. The highest BCUT2D eigenvalue weighted by atomic mass is 35.5. The van der Waals surface area contributed by atoms with E-state index in [1.165, 1.54) is 23.9 Å². The lowest BCUT2D eigenvalue weighted by Gasteiger charge is -2.37. The Kier molecular flexibility index (Phi) is 10.6. The summed E-state index contributed by atoms with van der Waals surface area (Å²) >= 11 is 7.56. The first-order valence-corrected chi connectivity index (χ1v) is 14.8. The molecular weight excluding hydrogens is 621 g/mol. The molecule has 0 bridgehead atoms. The Morgan fingerprint density at radius 3 is 2.42 bits per heavy atom. The van der Waals surface area contributed by atoms with Crippen molar-refractivity contribution in [1.29, 1.82) is 0 Å².